The first-order valence-corrected chi connectivity index (χ1v) is 8.95. The molecule has 23 heavy (non-hydrogen) atoms. The van der Waals surface area contributed by atoms with E-state index in [9.17, 15) is 21.4 Å². The van der Waals surface area contributed by atoms with Crippen molar-refractivity contribution in [3.63, 3.8) is 0 Å². The van der Waals surface area contributed by atoms with Crippen LogP contribution in [0.15, 0.2) is 46.2 Å². The van der Waals surface area contributed by atoms with Gasteiger partial charge in [0.1, 0.15) is 10.4 Å². The van der Waals surface area contributed by atoms with Crippen molar-refractivity contribution in [1.82, 2.24) is 15.4 Å². The summed E-state index contributed by atoms with van der Waals surface area (Å²) in [6, 6.07) is 7.79. The van der Waals surface area contributed by atoms with Gasteiger partial charge in [0.2, 0.25) is 0 Å². The average Bonchev–Trinajstić information content (AvgIpc) is 2.92. The first kappa shape index (κ1) is 15.6. The number of nitrogens with zero attached hydrogens (tertiary/aromatic N) is 2. The lowest BCUT2D eigenvalue weighted by atomic mass is 10.1. The van der Waals surface area contributed by atoms with Crippen LogP contribution in [0.2, 0.25) is 0 Å². The molecule has 0 spiro atoms. The summed E-state index contributed by atoms with van der Waals surface area (Å²) in [6.45, 7) is 0. The largest absolute Gasteiger partial charge is 0.297 e. The van der Waals surface area contributed by atoms with E-state index in [0.29, 0.717) is 11.1 Å². The van der Waals surface area contributed by atoms with Gasteiger partial charge >= 0.3 is 0 Å². The van der Waals surface area contributed by atoms with Crippen molar-refractivity contribution in [3.8, 4) is 11.1 Å². The zero-order valence-electron chi connectivity index (χ0n) is 11.2. The van der Waals surface area contributed by atoms with Gasteiger partial charge in [0.25, 0.3) is 20.2 Å². The Labute approximate surface area is 130 Å². The Hall–Kier alpha value is -2.34. The van der Waals surface area contributed by atoms with Crippen molar-refractivity contribution >= 4 is 31.3 Å². The fourth-order valence-corrected chi connectivity index (χ4v) is 3.52. The molecule has 1 heterocycles. The third kappa shape index (κ3) is 2.82. The summed E-state index contributed by atoms with van der Waals surface area (Å²) in [6.07, 6.45) is 0. The lowest BCUT2D eigenvalue weighted by Crippen LogP contribution is -2.03. The number of fused-ring (bicyclic) bond motifs is 1. The van der Waals surface area contributed by atoms with E-state index < -0.39 is 25.1 Å². The smallest absolute Gasteiger partial charge is 0.282 e. The van der Waals surface area contributed by atoms with E-state index in [1.165, 1.54) is 24.3 Å². The molecule has 9 nitrogen and oxygen atoms in total. The molecule has 0 fully saturated rings. The number of aromatic amines is 1. The Kier molecular flexibility index (Phi) is 3.44. The molecule has 3 rings (SSSR count). The Morgan fingerprint density at radius 1 is 0.870 bits per heavy atom. The molecule has 0 atom stereocenters. The zero-order chi connectivity index (χ0) is 16.8. The van der Waals surface area contributed by atoms with Crippen LogP contribution in [-0.2, 0) is 20.2 Å². The summed E-state index contributed by atoms with van der Waals surface area (Å²) in [5, 5.41) is 9.63. The van der Waals surface area contributed by atoms with Crippen LogP contribution in [-0.4, -0.2) is 41.4 Å². The predicted octanol–water partition coefficient (Wildman–Crippen LogP) is 1.12. The van der Waals surface area contributed by atoms with Crippen LogP contribution in [0, 0.1) is 0 Å². The summed E-state index contributed by atoms with van der Waals surface area (Å²) < 4.78 is 63.9. The molecule has 0 unspecified atom stereocenters. The third-order valence-corrected chi connectivity index (χ3v) is 4.97. The van der Waals surface area contributed by atoms with Gasteiger partial charge in [-0.1, -0.05) is 23.4 Å². The van der Waals surface area contributed by atoms with Crippen molar-refractivity contribution in [2.45, 2.75) is 9.79 Å². The Morgan fingerprint density at radius 2 is 1.52 bits per heavy atom. The van der Waals surface area contributed by atoms with E-state index in [1.54, 1.807) is 0 Å². The van der Waals surface area contributed by atoms with Crippen molar-refractivity contribution in [3.05, 3.63) is 36.4 Å². The highest BCUT2D eigenvalue weighted by atomic mass is 32.2. The van der Waals surface area contributed by atoms with Crippen LogP contribution >= 0.6 is 0 Å². The van der Waals surface area contributed by atoms with Crippen LogP contribution in [0.25, 0.3) is 22.2 Å². The van der Waals surface area contributed by atoms with Gasteiger partial charge in [-0.05, 0) is 23.8 Å². The normalized spacial score (nSPS) is 12.6. The molecule has 0 aliphatic carbocycles. The molecule has 0 saturated carbocycles. The molecule has 0 aliphatic rings. The van der Waals surface area contributed by atoms with Crippen LogP contribution in [0.4, 0.5) is 0 Å². The lowest BCUT2D eigenvalue weighted by Gasteiger charge is -2.08. The second-order valence-electron chi connectivity index (χ2n) is 4.62. The molecule has 3 aromatic rings. The van der Waals surface area contributed by atoms with Gasteiger partial charge in [0, 0.05) is 5.56 Å². The van der Waals surface area contributed by atoms with Crippen molar-refractivity contribution in [2.24, 2.45) is 0 Å². The van der Waals surface area contributed by atoms with Gasteiger partial charge in [0.15, 0.2) is 0 Å². The van der Waals surface area contributed by atoms with Crippen molar-refractivity contribution in [1.29, 1.82) is 0 Å². The van der Waals surface area contributed by atoms with Gasteiger partial charge in [-0.2, -0.15) is 16.8 Å². The molecule has 2 aromatic carbocycles. The number of rotatable bonds is 3. The monoisotopic (exact) mass is 355 g/mol. The van der Waals surface area contributed by atoms with Crippen LogP contribution in [0.3, 0.4) is 0 Å². The summed E-state index contributed by atoms with van der Waals surface area (Å²) in [5.74, 6) is 0. The van der Waals surface area contributed by atoms with Gasteiger partial charge in [-0.25, -0.2) is 0 Å². The average molecular weight is 355 g/mol. The summed E-state index contributed by atoms with van der Waals surface area (Å²) in [5.41, 5.74) is 0.713. The number of benzene rings is 2. The van der Waals surface area contributed by atoms with E-state index >= 15 is 0 Å². The van der Waals surface area contributed by atoms with Crippen LogP contribution in [0.1, 0.15) is 0 Å². The van der Waals surface area contributed by atoms with E-state index in [1.807, 2.05) is 0 Å². The highest BCUT2D eigenvalue weighted by molar-refractivity contribution is 7.86. The molecule has 3 N–H and O–H groups in total. The fourth-order valence-electron chi connectivity index (χ4n) is 2.18. The topological polar surface area (TPSA) is 150 Å². The molecule has 1 aromatic heterocycles. The minimum atomic E-state index is -4.61. The molecular weight excluding hydrogens is 346 g/mol. The minimum absolute atomic E-state index is 0.0381. The number of hydrogen-bond acceptors (Lipinski definition) is 6. The third-order valence-electron chi connectivity index (χ3n) is 3.17. The van der Waals surface area contributed by atoms with Gasteiger partial charge < -0.3 is 0 Å². The van der Waals surface area contributed by atoms with Crippen molar-refractivity contribution in [2.75, 3.05) is 0 Å². The second-order valence-corrected chi connectivity index (χ2v) is 7.40. The van der Waals surface area contributed by atoms with Gasteiger partial charge in [0.05, 0.1) is 10.4 Å². The first-order chi connectivity index (χ1) is 10.7. The maximum atomic E-state index is 11.7. The van der Waals surface area contributed by atoms with Crippen LogP contribution in [0.5, 0.6) is 0 Å². The first-order valence-electron chi connectivity index (χ1n) is 6.07. The highest BCUT2D eigenvalue weighted by Gasteiger charge is 2.23. The summed E-state index contributed by atoms with van der Waals surface area (Å²) in [4.78, 5) is -0.777. The van der Waals surface area contributed by atoms with Gasteiger partial charge in [-0.3, -0.25) is 14.2 Å². The maximum Gasteiger partial charge on any atom is 0.297 e. The quantitative estimate of drug-likeness (QED) is 0.591. The second kappa shape index (κ2) is 5.09. The Bertz CT molecular complexity index is 1100. The summed E-state index contributed by atoms with van der Waals surface area (Å²) >= 11 is 0. The van der Waals surface area contributed by atoms with Gasteiger partial charge in [-0.15, -0.1) is 5.10 Å². The fraction of sp³-hybridized carbons (Fsp3) is 0. The maximum absolute atomic E-state index is 11.7. The number of nitrogens with one attached hydrogen (secondary N) is 1. The highest BCUT2D eigenvalue weighted by Crippen LogP contribution is 2.32. The standard InChI is InChI=1S/C12H9N3O6S2/c16-22(17,18)8-3-1-7(2-4-8)9-5-6-10-11(14-15-13-10)12(9)23(19,20)21/h1-6H,(H,13,14,15)(H,16,17,18)(H,19,20,21). The Morgan fingerprint density at radius 3 is 2.09 bits per heavy atom. The summed E-state index contributed by atoms with van der Waals surface area (Å²) in [7, 11) is -8.97. The molecule has 11 heteroatoms. The zero-order valence-corrected chi connectivity index (χ0v) is 12.8. The van der Waals surface area contributed by atoms with E-state index in [4.69, 9.17) is 4.55 Å². The van der Waals surface area contributed by atoms with E-state index in [-0.39, 0.29) is 16.0 Å². The molecule has 120 valence electrons. The Balaban J connectivity index is 2.28. The van der Waals surface area contributed by atoms with E-state index in [0.717, 1.165) is 12.1 Å². The minimum Gasteiger partial charge on any atom is -0.282 e. The lowest BCUT2D eigenvalue weighted by molar-refractivity contribution is 0.481. The molecule has 0 amide bonds. The van der Waals surface area contributed by atoms with Crippen LogP contribution < -0.4 is 0 Å². The number of H-pyrrole nitrogens is 1. The molecule has 0 saturated heterocycles. The predicted molar refractivity (Wildman–Crippen MR) is 79.0 cm³/mol. The molecule has 0 aliphatic heterocycles. The molecular formula is C12H9N3O6S2. The number of aromatic nitrogens is 3. The molecule has 0 bridgehead atoms. The van der Waals surface area contributed by atoms with Crippen molar-refractivity contribution < 1.29 is 25.9 Å². The number of hydrogen-bond donors (Lipinski definition) is 3. The van der Waals surface area contributed by atoms with E-state index in [2.05, 4.69) is 15.4 Å². The SMILES string of the molecule is O=S(=O)(O)c1ccc(-c2ccc3[nH]nnc3c2S(=O)(=O)O)cc1. The molecule has 0 radical (unpaired) electrons.